The number of piperazine rings is 1. The molecule has 1 aliphatic rings. The van der Waals surface area contributed by atoms with Crippen LogP contribution < -0.4 is 4.74 Å². The maximum absolute atomic E-state index is 12.6. The summed E-state index contributed by atoms with van der Waals surface area (Å²) >= 11 is 0. The molecule has 2 rings (SSSR count). The molecule has 0 aromatic heterocycles. The second-order valence-corrected chi connectivity index (χ2v) is 7.85. The number of nitrogens with zero attached hydrogens (tertiary/aromatic N) is 2. The Morgan fingerprint density at radius 3 is 2.19 bits per heavy atom. The quantitative estimate of drug-likeness (QED) is 0.744. The van der Waals surface area contributed by atoms with E-state index in [-0.39, 0.29) is 23.9 Å². The van der Waals surface area contributed by atoms with Crippen LogP contribution in [0.3, 0.4) is 0 Å². The Hall–Kier alpha value is -1.81. The molecule has 0 radical (unpaired) electrons. The van der Waals surface area contributed by atoms with Gasteiger partial charge in [-0.3, -0.25) is 4.79 Å². The third kappa shape index (κ3) is 5.34. The summed E-state index contributed by atoms with van der Waals surface area (Å²) in [7, 11) is -3.83. The molecule has 1 amide bonds. The molecular weight excluding hydrogens is 373 g/mol. The van der Waals surface area contributed by atoms with Crippen molar-refractivity contribution in [1.82, 2.24) is 9.21 Å². The molecule has 146 valence electrons. The highest BCUT2D eigenvalue weighted by Crippen LogP contribution is 2.25. The lowest BCUT2D eigenvalue weighted by Gasteiger charge is -2.34. The number of halogens is 3. The molecule has 0 bridgehead atoms. The predicted octanol–water partition coefficient (Wildman–Crippen LogP) is 2.61. The minimum atomic E-state index is -4.83. The van der Waals surface area contributed by atoms with Crippen LogP contribution in [0.2, 0.25) is 0 Å². The Morgan fingerprint density at radius 2 is 1.69 bits per heavy atom. The summed E-state index contributed by atoms with van der Waals surface area (Å²) in [4.78, 5) is 13.5. The molecule has 1 fully saturated rings. The van der Waals surface area contributed by atoms with Crippen molar-refractivity contribution in [3.05, 3.63) is 24.3 Å². The van der Waals surface area contributed by atoms with Crippen LogP contribution in [0.5, 0.6) is 5.75 Å². The first-order valence-electron chi connectivity index (χ1n) is 8.27. The van der Waals surface area contributed by atoms with Crippen molar-refractivity contribution in [3.63, 3.8) is 0 Å². The van der Waals surface area contributed by atoms with Gasteiger partial charge in [0.05, 0.1) is 4.90 Å². The molecule has 26 heavy (non-hydrogen) atoms. The van der Waals surface area contributed by atoms with Crippen LogP contribution in [0.15, 0.2) is 29.2 Å². The van der Waals surface area contributed by atoms with Gasteiger partial charge in [-0.15, -0.1) is 13.2 Å². The summed E-state index contributed by atoms with van der Waals surface area (Å²) in [5, 5.41) is 0. The van der Waals surface area contributed by atoms with Crippen LogP contribution in [0.1, 0.15) is 26.2 Å². The van der Waals surface area contributed by atoms with Gasteiger partial charge in [-0.05, 0) is 30.7 Å². The second-order valence-electron chi connectivity index (χ2n) is 5.91. The highest BCUT2D eigenvalue weighted by atomic mass is 32.2. The van der Waals surface area contributed by atoms with Crippen molar-refractivity contribution < 1.29 is 31.1 Å². The SMILES string of the molecule is CCCCC(=O)N1CCN(S(=O)(=O)c2ccc(OC(F)(F)F)cc2)CC1. The van der Waals surface area contributed by atoms with Gasteiger partial charge in [0.1, 0.15) is 5.75 Å². The van der Waals surface area contributed by atoms with Gasteiger partial charge in [-0.1, -0.05) is 13.3 Å². The van der Waals surface area contributed by atoms with Crippen molar-refractivity contribution in [2.75, 3.05) is 26.2 Å². The average Bonchev–Trinajstić information content (AvgIpc) is 2.59. The van der Waals surface area contributed by atoms with Gasteiger partial charge in [-0.2, -0.15) is 4.31 Å². The fourth-order valence-electron chi connectivity index (χ4n) is 2.63. The van der Waals surface area contributed by atoms with E-state index in [1.54, 1.807) is 4.90 Å². The van der Waals surface area contributed by atoms with Gasteiger partial charge in [0.15, 0.2) is 0 Å². The van der Waals surface area contributed by atoms with E-state index in [0.29, 0.717) is 19.5 Å². The molecular formula is C16H21F3N2O4S. The molecule has 0 saturated carbocycles. The van der Waals surface area contributed by atoms with Gasteiger partial charge in [0, 0.05) is 32.6 Å². The van der Waals surface area contributed by atoms with E-state index in [1.807, 2.05) is 6.92 Å². The smallest absolute Gasteiger partial charge is 0.406 e. The fourth-order valence-corrected chi connectivity index (χ4v) is 4.05. The summed E-state index contributed by atoms with van der Waals surface area (Å²) in [5.41, 5.74) is 0. The zero-order valence-corrected chi connectivity index (χ0v) is 15.1. The highest BCUT2D eigenvalue weighted by molar-refractivity contribution is 7.89. The van der Waals surface area contributed by atoms with Crippen LogP contribution in [-0.2, 0) is 14.8 Å². The molecule has 0 atom stereocenters. The maximum atomic E-state index is 12.6. The standard InChI is InChI=1S/C16H21F3N2O4S/c1-2-3-4-15(22)20-9-11-21(12-10-20)26(23,24)14-7-5-13(6-8-14)25-16(17,18)19/h5-8H,2-4,9-12H2,1H3. The predicted molar refractivity (Wildman–Crippen MR) is 88.0 cm³/mol. The topological polar surface area (TPSA) is 66.9 Å². The minimum Gasteiger partial charge on any atom is -0.406 e. The number of hydrogen-bond acceptors (Lipinski definition) is 4. The lowest BCUT2D eigenvalue weighted by Crippen LogP contribution is -2.50. The summed E-state index contributed by atoms with van der Waals surface area (Å²) < 4.78 is 66.6. The largest absolute Gasteiger partial charge is 0.573 e. The number of ether oxygens (including phenoxy) is 1. The number of alkyl halides is 3. The van der Waals surface area contributed by atoms with E-state index < -0.39 is 22.1 Å². The third-order valence-electron chi connectivity index (χ3n) is 4.03. The maximum Gasteiger partial charge on any atom is 0.573 e. The van der Waals surface area contributed by atoms with Crippen molar-refractivity contribution in [2.24, 2.45) is 0 Å². The number of benzene rings is 1. The van der Waals surface area contributed by atoms with Crippen molar-refractivity contribution in [1.29, 1.82) is 0 Å². The normalized spacial score (nSPS) is 16.5. The zero-order valence-electron chi connectivity index (χ0n) is 14.3. The van der Waals surface area contributed by atoms with Gasteiger partial charge < -0.3 is 9.64 Å². The number of carbonyl (C=O) groups excluding carboxylic acids is 1. The molecule has 6 nitrogen and oxygen atoms in total. The molecule has 0 spiro atoms. The van der Waals surface area contributed by atoms with Crippen molar-refractivity contribution in [3.8, 4) is 5.75 Å². The van der Waals surface area contributed by atoms with Gasteiger partial charge >= 0.3 is 6.36 Å². The van der Waals surface area contributed by atoms with E-state index in [9.17, 15) is 26.4 Å². The fraction of sp³-hybridized carbons (Fsp3) is 0.562. The average molecular weight is 394 g/mol. The van der Waals surface area contributed by atoms with Crippen LogP contribution in [-0.4, -0.2) is 56.1 Å². The van der Waals surface area contributed by atoms with Gasteiger partial charge in [0.25, 0.3) is 0 Å². The van der Waals surface area contributed by atoms with Crippen molar-refractivity contribution in [2.45, 2.75) is 37.4 Å². The lowest BCUT2D eigenvalue weighted by molar-refractivity contribution is -0.274. The zero-order chi connectivity index (χ0) is 19.4. The minimum absolute atomic E-state index is 0.0116. The van der Waals surface area contributed by atoms with Crippen LogP contribution in [0.4, 0.5) is 13.2 Å². The van der Waals surface area contributed by atoms with Crippen LogP contribution >= 0.6 is 0 Å². The van der Waals surface area contributed by atoms with Crippen LogP contribution in [0, 0.1) is 0 Å². The summed E-state index contributed by atoms with van der Waals surface area (Å²) in [6.07, 6.45) is -2.68. The number of amides is 1. The molecule has 1 aromatic carbocycles. The van der Waals surface area contributed by atoms with E-state index in [2.05, 4.69) is 4.74 Å². The first-order valence-corrected chi connectivity index (χ1v) is 9.71. The first kappa shape index (κ1) is 20.5. The summed E-state index contributed by atoms with van der Waals surface area (Å²) in [6.45, 7) is 2.90. The molecule has 1 aromatic rings. The molecule has 0 N–H and O–H groups in total. The number of carbonyl (C=O) groups is 1. The third-order valence-corrected chi connectivity index (χ3v) is 5.94. The van der Waals surface area contributed by atoms with Gasteiger partial charge in [-0.25, -0.2) is 8.42 Å². The Kier molecular flexibility index (Phi) is 6.51. The Morgan fingerprint density at radius 1 is 1.12 bits per heavy atom. The molecule has 1 saturated heterocycles. The molecule has 0 unspecified atom stereocenters. The van der Waals surface area contributed by atoms with Gasteiger partial charge in [0.2, 0.25) is 15.9 Å². The Bertz CT molecular complexity index is 712. The van der Waals surface area contributed by atoms with Crippen LogP contribution in [0.25, 0.3) is 0 Å². The summed E-state index contributed by atoms with van der Waals surface area (Å²) in [6, 6.07) is 4.08. The number of unbranched alkanes of at least 4 members (excludes halogenated alkanes) is 1. The van der Waals surface area contributed by atoms with E-state index in [1.165, 1.54) is 4.31 Å². The first-order chi connectivity index (χ1) is 12.1. The number of sulfonamides is 1. The molecule has 1 aliphatic heterocycles. The lowest BCUT2D eigenvalue weighted by atomic mass is 10.2. The Balaban J connectivity index is 1.99. The Labute approximate surface area is 150 Å². The number of rotatable bonds is 6. The monoisotopic (exact) mass is 394 g/mol. The number of hydrogen-bond donors (Lipinski definition) is 0. The van der Waals surface area contributed by atoms with E-state index in [4.69, 9.17) is 0 Å². The van der Waals surface area contributed by atoms with Crippen molar-refractivity contribution >= 4 is 15.9 Å². The molecule has 10 heteroatoms. The van der Waals surface area contributed by atoms with E-state index >= 15 is 0 Å². The summed E-state index contributed by atoms with van der Waals surface area (Å²) in [5.74, 6) is -0.472. The highest BCUT2D eigenvalue weighted by Gasteiger charge is 2.32. The second kappa shape index (κ2) is 8.26. The van der Waals surface area contributed by atoms with E-state index in [0.717, 1.165) is 37.1 Å². The molecule has 0 aliphatic carbocycles. The molecule has 1 heterocycles.